The van der Waals surface area contributed by atoms with Crippen molar-refractivity contribution in [3.05, 3.63) is 71.8 Å². The highest BCUT2D eigenvalue weighted by Crippen LogP contribution is 2.42. The molecular weight excluding hydrogens is 298 g/mol. The van der Waals surface area contributed by atoms with Crippen LogP contribution in [0, 0.1) is 0 Å². The topological polar surface area (TPSA) is 67.5 Å². The number of hydrogen-bond donors (Lipinski definition) is 2. The number of urea groups is 1. The van der Waals surface area contributed by atoms with Crippen LogP contribution in [0.5, 0.6) is 0 Å². The highest BCUT2D eigenvalue weighted by molar-refractivity contribution is 5.99. The van der Waals surface area contributed by atoms with Crippen LogP contribution in [-0.4, -0.2) is 11.7 Å². The molecule has 1 saturated carbocycles. The lowest BCUT2D eigenvalue weighted by Gasteiger charge is -2.35. The molecule has 1 fully saturated rings. The van der Waals surface area contributed by atoms with Crippen LogP contribution in [0.4, 0.5) is 4.79 Å². The van der Waals surface area contributed by atoms with Crippen LogP contribution in [-0.2, 0) is 5.41 Å². The maximum atomic E-state index is 11.2. The largest absolute Gasteiger partial charge is 0.350 e. The molecule has 2 amide bonds. The van der Waals surface area contributed by atoms with Crippen molar-refractivity contribution in [3.8, 4) is 0 Å². The van der Waals surface area contributed by atoms with E-state index in [4.69, 9.17) is 5.73 Å². The zero-order valence-corrected chi connectivity index (χ0v) is 13.7. The van der Waals surface area contributed by atoms with Crippen molar-refractivity contribution in [2.75, 3.05) is 0 Å². The third-order valence-electron chi connectivity index (χ3n) is 4.79. The minimum absolute atomic E-state index is 0.318. The van der Waals surface area contributed by atoms with Gasteiger partial charge in [0, 0.05) is 0 Å². The second-order valence-corrected chi connectivity index (χ2v) is 6.23. The van der Waals surface area contributed by atoms with E-state index in [1.54, 1.807) is 0 Å². The van der Waals surface area contributed by atoms with E-state index < -0.39 is 6.03 Å². The molecule has 0 aromatic heterocycles. The minimum atomic E-state index is -0.623. The van der Waals surface area contributed by atoms with Crippen molar-refractivity contribution in [3.63, 3.8) is 0 Å². The van der Waals surface area contributed by atoms with Crippen molar-refractivity contribution < 1.29 is 4.79 Å². The Morgan fingerprint density at radius 1 is 0.917 bits per heavy atom. The Morgan fingerprint density at radius 2 is 1.50 bits per heavy atom. The summed E-state index contributed by atoms with van der Waals surface area (Å²) in [5, 5.41) is 4.44. The summed E-state index contributed by atoms with van der Waals surface area (Å²) >= 11 is 0. The fraction of sp³-hybridized carbons (Fsp3) is 0.300. The number of primary amides is 1. The first-order valence-electron chi connectivity index (χ1n) is 8.47. The minimum Gasteiger partial charge on any atom is -0.350 e. The second kappa shape index (κ2) is 7.30. The first kappa shape index (κ1) is 16.2. The van der Waals surface area contributed by atoms with Crippen LogP contribution in [0.15, 0.2) is 65.8 Å². The van der Waals surface area contributed by atoms with Crippen LogP contribution < -0.4 is 11.2 Å². The van der Waals surface area contributed by atoms with E-state index in [9.17, 15) is 4.79 Å². The zero-order chi connectivity index (χ0) is 16.8. The number of hydrazone groups is 1. The Hall–Kier alpha value is -2.62. The molecule has 0 heterocycles. The Kier molecular flexibility index (Phi) is 4.94. The van der Waals surface area contributed by atoms with E-state index in [0.29, 0.717) is 0 Å². The van der Waals surface area contributed by atoms with Crippen molar-refractivity contribution in [1.29, 1.82) is 0 Å². The van der Waals surface area contributed by atoms with Gasteiger partial charge in [0.15, 0.2) is 0 Å². The lowest BCUT2D eigenvalue weighted by molar-refractivity contribution is 0.249. The van der Waals surface area contributed by atoms with E-state index >= 15 is 0 Å². The average molecular weight is 321 g/mol. The molecule has 0 aliphatic heterocycles. The summed E-state index contributed by atoms with van der Waals surface area (Å²) in [6, 6.07) is 20.3. The highest BCUT2D eigenvalue weighted by atomic mass is 16.2. The quantitative estimate of drug-likeness (QED) is 0.652. The van der Waals surface area contributed by atoms with Gasteiger partial charge >= 0.3 is 6.03 Å². The molecule has 1 aliphatic carbocycles. The summed E-state index contributed by atoms with van der Waals surface area (Å²) < 4.78 is 0. The highest BCUT2D eigenvalue weighted by Gasteiger charge is 2.40. The molecule has 2 aromatic rings. The maximum absolute atomic E-state index is 11.2. The molecule has 0 bridgehead atoms. The summed E-state index contributed by atoms with van der Waals surface area (Å²) in [5.41, 5.74) is 10.8. The molecule has 124 valence electrons. The van der Waals surface area contributed by atoms with E-state index in [-0.39, 0.29) is 5.41 Å². The van der Waals surface area contributed by atoms with Crippen LogP contribution >= 0.6 is 0 Å². The van der Waals surface area contributed by atoms with E-state index in [0.717, 1.165) is 37.8 Å². The van der Waals surface area contributed by atoms with Gasteiger partial charge in [-0.25, -0.2) is 10.2 Å². The number of nitrogens with two attached hydrogens (primary N) is 1. The van der Waals surface area contributed by atoms with E-state index in [2.05, 4.69) is 59.1 Å². The van der Waals surface area contributed by atoms with Gasteiger partial charge in [-0.1, -0.05) is 73.5 Å². The molecule has 4 heteroatoms. The zero-order valence-electron chi connectivity index (χ0n) is 13.7. The van der Waals surface area contributed by atoms with Gasteiger partial charge < -0.3 is 5.73 Å². The predicted octanol–water partition coefficient (Wildman–Crippen LogP) is 3.96. The first-order valence-corrected chi connectivity index (χ1v) is 8.47. The van der Waals surface area contributed by atoms with Crippen LogP contribution in [0.3, 0.4) is 0 Å². The summed E-state index contributed by atoms with van der Waals surface area (Å²) in [6.07, 6.45) is 5.18. The van der Waals surface area contributed by atoms with Gasteiger partial charge in [-0.3, -0.25) is 0 Å². The Balaban J connectivity index is 2.20. The number of hydrogen-bond acceptors (Lipinski definition) is 2. The smallest absolute Gasteiger partial charge is 0.332 e. The van der Waals surface area contributed by atoms with Gasteiger partial charge in [0.2, 0.25) is 0 Å². The molecule has 3 rings (SSSR count). The normalized spacial score (nSPS) is 18.8. The number of carbonyl (C=O) groups excluding carboxylic acids is 1. The fourth-order valence-electron chi connectivity index (χ4n) is 3.72. The molecule has 0 atom stereocenters. The maximum Gasteiger partial charge on any atom is 0.332 e. The summed E-state index contributed by atoms with van der Waals surface area (Å²) in [4.78, 5) is 11.2. The molecule has 0 unspecified atom stereocenters. The lowest BCUT2D eigenvalue weighted by Crippen LogP contribution is -2.39. The van der Waals surface area contributed by atoms with Gasteiger partial charge in [0.05, 0.1) is 11.1 Å². The van der Waals surface area contributed by atoms with Gasteiger partial charge in [0.1, 0.15) is 0 Å². The molecule has 0 saturated heterocycles. The summed E-state index contributed by atoms with van der Waals surface area (Å²) in [7, 11) is 0. The summed E-state index contributed by atoms with van der Waals surface area (Å²) in [6.45, 7) is 0. The van der Waals surface area contributed by atoms with Crippen molar-refractivity contribution in [2.45, 2.75) is 37.5 Å². The number of rotatable bonds is 3. The Labute approximate surface area is 142 Å². The van der Waals surface area contributed by atoms with Gasteiger partial charge in [0.25, 0.3) is 0 Å². The van der Waals surface area contributed by atoms with Crippen molar-refractivity contribution in [1.82, 2.24) is 5.43 Å². The van der Waals surface area contributed by atoms with E-state index in [1.807, 2.05) is 12.1 Å². The lowest BCUT2D eigenvalue weighted by atomic mass is 9.68. The number of amides is 2. The molecule has 0 spiro atoms. The van der Waals surface area contributed by atoms with Crippen molar-refractivity contribution >= 4 is 11.7 Å². The third-order valence-corrected chi connectivity index (χ3v) is 4.79. The SMILES string of the molecule is NC(=O)N/N=C1/CCCCCC1(c1ccccc1)c1ccccc1. The summed E-state index contributed by atoms with van der Waals surface area (Å²) in [5.74, 6) is 0. The average Bonchev–Trinajstić information content (AvgIpc) is 2.84. The van der Waals surface area contributed by atoms with Gasteiger partial charge in [-0.15, -0.1) is 0 Å². The number of nitrogens with zero attached hydrogens (tertiary/aromatic N) is 1. The first-order chi connectivity index (χ1) is 11.7. The predicted molar refractivity (Wildman–Crippen MR) is 96.9 cm³/mol. The number of nitrogens with one attached hydrogen (secondary N) is 1. The Bertz CT molecular complexity index is 671. The molecule has 2 aromatic carbocycles. The molecule has 24 heavy (non-hydrogen) atoms. The second-order valence-electron chi connectivity index (χ2n) is 6.23. The van der Waals surface area contributed by atoms with Crippen molar-refractivity contribution in [2.24, 2.45) is 10.8 Å². The van der Waals surface area contributed by atoms with E-state index in [1.165, 1.54) is 11.1 Å². The number of benzene rings is 2. The molecular formula is C20H23N3O. The van der Waals surface area contributed by atoms with Crippen LogP contribution in [0.25, 0.3) is 0 Å². The molecule has 1 aliphatic rings. The monoisotopic (exact) mass is 321 g/mol. The molecule has 0 radical (unpaired) electrons. The van der Waals surface area contributed by atoms with Crippen LogP contribution in [0.2, 0.25) is 0 Å². The fourth-order valence-corrected chi connectivity index (χ4v) is 3.72. The molecule has 3 N–H and O–H groups in total. The van der Waals surface area contributed by atoms with Gasteiger partial charge in [-0.2, -0.15) is 5.10 Å². The van der Waals surface area contributed by atoms with Gasteiger partial charge in [-0.05, 0) is 30.4 Å². The standard InChI is InChI=1S/C20H23N3O/c21-19(24)23-22-18-14-8-3-9-15-20(18,16-10-4-1-5-11-16)17-12-6-2-7-13-17/h1-2,4-7,10-13H,3,8-9,14-15H2,(H3,21,23,24)/b22-18-. The number of carbonyl (C=O) groups is 1. The third kappa shape index (κ3) is 3.18. The molecule has 4 nitrogen and oxygen atoms in total. The van der Waals surface area contributed by atoms with Crippen LogP contribution in [0.1, 0.15) is 43.2 Å². The Morgan fingerprint density at radius 3 is 2.04 bits per heavy atom.